The fraction of sp³-hybridized carbons (Fsp3) is 0.167. The van der Waals surface area contributed by atoms with Crippen molar-refractivity contribution in [1.82, 2.24) is 0 Å². The zero-order valence-corrected chi connectivity index (χ0v) is 27.3. The number of ether oxygens (including phenoxy) is 5. The number of rotatable bonds is 6. The molecule has 2 bridgehead atoms. The summed E-state index contributed by atoms with van der Waals surface area (Å²) in [5.41, 5.74) is 1.16. The number of nitrogens with zero attached hydrogens (tertiary/aromatic N) is 1. The second-order valence-electron chi connectivity index (χ2n) is 13.2. The van der Waals surface area contributed by atoms with E-state index in [9.17, 15) is 0 Å². The van der Waals surface area contributed by atoms with Gasteiger partial charge in [-0.05, 0) is 81.9 Å². The van der Waals surface area contributed by atoms with Crippen molar-refractivity contribution in [3.63, 3.8) is 0 Å². The summed E-state index contributed by atoms with van der Waals surface area (Å²) in [4.78, 5) is 47.9. The summed E-state index contributed by atoms with van der Waals surface area (Å²) >= 11 is 0. The summed E-state index contributed by atoms with van der Waals surface area (Å²) in [5.74, 6) is -0.418. The second kappa shape index (κ2) is 10.6. The first-order valence-electron chi connectivity index (χ1n) is 16.7. The van der Waals surface area contributed by atoms with E-state index >= 15 is 14.4 Å². The van der Waals surface area contributed by atoms with Crippen molar-refractivity contribution in [2.75, 3.05) is 25.6 Å². The number of fused-ring (bicyclic) bond motifs is 7. The van der Waals surface area contributed by atoms with Gasteiger partial charge in [0, 0.05) is 0 Å². The highest BCUT2D eigenvalue weighted by Gasteiger charge is 2.82. The van der Waals surface area contributed by atoms with E-state index in [1.165, 1.54) is 4.90 Å². The highest BCUT2D eigenvalue weighted by Crippen LogP contribution is 2.74. The van der Waals surface area contributed by atoms with Crippen molar-refractivity contribution in [3.8, 4) is 28.7 Å². The molecule has 9 nitrogen and oxygen atoms in total. The zero-order chi connectivity index (χ0) is 34.5. The Hall–Kier alpha value is -6.35. The van der Waals surface area contributed by atoms with Crippen molar-refractivity contribution in [2.24, 2.45) is 11.8 Å². The molecule has 0 unspecified atom stereocenters. The summed E-state index contributed by atoms with van der Waals surface area (Å²) in [6, 6.07) is 36.9. The van der Waals surface area contributed by atoms with E-state index in [1.807, 2.05) is 97.1 Å². The summed E-state index contributed by atoms with van der Waals surface area (Å²) in [6.45, 7) is 0.135. The fourth-order valence-electron chi connectivity index (χ4n) is 9.21. The van der Waals surface area contributed by atoms with Gasteiger partial charge in [-0.25, -0.2) is 4.90 Å². The normalized spacial score (nSPS) is 25.2. The smallest absolute Gasteiger partial charge is 0.239 e. The van der Waals surface area contributed by atoms with Crippen LogP contribution < -0.4 is 28.6 Å². The molecule has 250 valence electrons. The number of ketones is 1. The molecule has 5 aromatic carbocycles. The van der Waals surface area contributed by atoms with E-state index in [2.05, 4.69) is 0 Å². The molecule has 2 aliphatic carbocycles. The Morgan fingerprint density at radius 1 is 0.569 bits per heavy atom. The Morgan fingerprint density at radius 3 is 1.47 bits per heavy atom. The maximum atomic E-state index is 16.2. The largest absolute Gasteiger partial charge is 0.497 e. The summed E-state index contributed by atoms with van der Waals surface area (Å²) < 4.78 is 28.5. The minimum absolute atomic E-state index is 0.0675. The molecule has 1 saturated heterocycles. The lowest BCUT2D eigenvalue weighted by atomic mass is 9.59. The molecule has 1 saturated carbocycles. The third-order valence-electron chi connectivity index (χ3n) is 11.1. The molecular formula is C42H29NO8. The van der Waals surface area contributed by atoms with Gasteiger partial charge >= 0.3 is 0 Å². The van der Waals surface area contributed by atoms with E-state index in [-0.39, 0.29) is 19.4 Å². The van der Waals surface area contributed by atoms with Gasteiger partial charge in [0.1, 0.15) is 5.75 Å². The zero-order valence-electron chi connectivity index (χ0n) is 27.3. The molecule has 3 aliphatic heterocycles. The van der Waals surface area contributed by atoms with Crippen molar-refractivity contribution < 1.29 is 38.1 Å². The SMILES string of the molecule is COc1ccc(N2C(=O)[C@@H]3[C@H](C2=O)[C@@]2(c4ccccc4)C(=O)[C@@]3(c3ccccc3)C(c3ccc4c(c3)OCO4)=C2c2ccc3c(c2)OCO3)cc1. The Labute approximate surface area is 292 Å². The fourth-order valence-corrected chi connectivity index (χ4v) is 9.21. The van der Waals surface area contributed by atoms with Crippen LogP contribution in [0.4, 0.5) is 5.69 Å². The first-order chi connectivity index (χ1) is 25.0. The van der Waals surface area contributed by atoms with Gasteiger partial charge in [0.05, 0.1) is 35.5 Å². The number of carbonyl (C=O) groups is 3. The molecule has 0 N–H and O–H groups in total. The molecule has 5 aromatic rings. The van der Waals surface area contributed by atoms with Gasteiger partial charge in [-0.1, -0.05) is 72.8 Å². The van der Waals surface area contributed by atoms with E-state index in [1.54, 1.807) is 31.4 Å². The van der Waals surface area contributed by atoms with Gasteiger partial charge in [-0.2, -0.15) is 0 Å². The maximum Gasteiger partial charge on any atom is 0.239 e. The maximum absolute atomic E-state index is 16.2. The summed E-state index contributed by atoms with van der Waals surface area (Å²) in [7, 11) is 1.56. The monoisotopic (exact) mass is 675 g/mol. The molecule has 4 atom stereocenters. The third kappa shape index (κ3) is 3.67. The standard InChI is InChI=1S/C42H29NO8/c1-47-29-16-14-28(15-17-29)43-38(44)36-37(39(43)45)42(27-10-6-3-7-11-27)35(25-13-19-31-33(21-25)51-23-49-31)34(24-12-18-30-32(20-24)50-22-48-30)41(36,40(42)46)26-8-4-2-5-9-26/h2-21,36-37H,22-23H2,1H3/t36-,37+,41-,42-/m0/s1. The van der Waals surface area contributed by atoms with Crippen LogP contribution in [-0.2, 0) is 25.2 Å². The van der Waals surface area contributed by atoms with Gasteiger partial charge in [-0.3, -0.25) is 14.4 Å². The molecule has 3 heterocycles. The molecule has 0 aromatic heterocycles. The van der Waals surface area contributed by atoms with Gasteiger partial charge in [0.15, 0.2) is 28.8 Å². The Morgan fingerprint density at radius 2 is 1.02 bits per heavy atom. The number of hydrogen-bond acceptors (Lipinski definition) is 8. The number of benzene rings is 5. The molecule has 0 radical (unpaired) electrons. The molecule has 2 fully saturated rings. The first-order valence-corrected chi connectivity index (χ1v) is 16.7. The second-order valence-corrected chi connectivity index (χ2v) is 13.2. The van der Waals surface area contributed by atoms with Crippen molar-refractivity contribution in [1.29, 1.82) is 0 Å². The predicted molar refractivity (Wildman–Crippen MR) is 186 cm³/mol. The highest BCUT2D eigenvalue weighted by molar-refractivity contribution is 6.39. The third-order valence-corrected chi connectivity index (χ3v) is 11.1. The lowest BCUT2D eigenvalue weighted by Crippen LogP contribution is -2.45. The van der Waals surface area contributed by atoms with Crippen LogP contribution >= 0.6 is 0 Å². The number of imide groups is 1. The number of hydrogen-bond donors (Lipinski definition) is 0. The molecule has 10 rings (SSSR count). The van der Waals surface area contributed by atoms with E-state index < -0.39 is 34.5 Å². The van der Waals surface area contributed by atoms with Crippen LogP contribution in [0, 0.1) is 11.8 Å². The van der Waals surface area contributed by atoms with E-state index in [4.69, 9.17) is 23.7 Å². The minimum atomic E-state index is -1.57. The van der Waals surface area contributed by atoms with Crippen LogP contribution in [0.5, 0.6) is 28.7 Å². The number of methoxy groups -OCH3 is 1. The van der Waals surface area contributed by atoms with Gasteiger partial charge in [-0.15, -0.1) is 0 Å². The van der Waals surface area contributed by atoms with Gasteiger partial charge in [0.25, 0.3) is 0 Å². The predicted octanol–water partition coefficient (Wildman–Crippen LogP) is 6.34. The van der Waals surface area contributed by atoms with Gasteiger partial charge in [0.2, 0.25) is 25.4 Å². The molecule has 5 aliphatic rings. The Kier molecular flexibility index (Phi) is 6.13. The van der Waals surface area contributed by atoms with Crippen LogP contribution in [0.2, 0.25) is 0 Å². The molecule has 0 spiro atoms. The molecular weight excluding hydrogens is 646 g/mol. The van der Waals surface area contributed by atoms with Gasteiger partial charge < -0.3 is 23.7 Å². The minimum Gasteiger partial charge on any atom is -0.497 e. The van der Waals surface area contributed by atoms with E-state index in [0.29, 0.717) is 67.8 Å². The average molecular weight is 676 g/mol. The summed E-state index contributed by atoms with van der Waals surface area (Å²) in [6.07, 6.45) is 0. The topological polar surface area (TPSA) is 101 Å². The number of carbonyl (C=O) groups excluding carboxylic acids is 3. The first kappa shape index (κ1) is 29.6. The Balaban J connectivity index is 1.35. The number of amides is 2. The van der Waals surface area contributed by atoms with Crippen LogP contribution in [0.1, 0.15) is 22.3 Å². The molecule has 51 heavy (non-hydrogen) atoms. The van der Waals surface area contributed by atoms with Crippen LogP contribution in [0.15, 0.2) is 121 Å². The highest BCUT2D eigenvalue weighted by atomic mass is 16.7. The lowest BCUT2D eigenvalue weighted by molar-refractivity contribution is -0.130. The van der Waals surface area contributed by atoms with E-state index in [0.717, 1.165) is 0 Å². The van der Waals surface area contributed by atoms with Crippen LogP contribution in [0.3, 0.4) is 0 Å². The van der Waals surface area contributed by atoms with Crippen molar-refractivity contribution >= 4 is 34.4 Å². The van der Waals surface area contributed by atoms with Crippen LogP contribution in [-0.4, -0.2) is 38.3 Å². The van der Waals surface area contributed by atoms with Crippen molar-refractivity contribution in [3.05, 3.63) is 144 Å². The average Bonchev–Trinajstić information content (AvgIpc) is 3.98. The number of anilines is 1. The number of allylic oxidation sites excluding steroid dienone is 2. The quantitative estimate of drug-likeness (QED) is 0.192. The lowest BCUT2D eigenvalue weighted by Gasteiger charge is -2.39. The number of Topliss-reactive ketones (excluding diaryl/α,β-unsaturated/α-hetero) is 1. The summed E-state index contributed by atoms with van der Waals surface area (Å²) in [5, 5.41) is 0. The molecule has 2 amide bonds. The Bertz CT molecular complexity index is 2200. The van der Waals surface area contributed by atoms with Crippen molar-refractivity contribution in [2.45, 2.75) is 10.8 Å². The van der Waals surface area contributed by atoms with Crippen LogP contribution in [0.25, 0.3) is 11.1 Å². The molecule has 9 heteroatoms.